The van der Waals surface area contributed by atoms with E-state index in [1.807, 2.05) is 46.0 Å². The summed E-state index contributed by atoms with van der Waals surface area (Å²) >= 11 is 0. The molecular formula is C23H34N2O3. The smallest absolute Gasteiger partial charge is 0.410 e. The Hall–Kier alpha value is -2.14. The van der Waals surface area contributed by atoms with E-state index in [9.17, 15) is 9.90 Å². The Labute approximate surface area is 169 Å². The number of nitrogens with zero attached hydrogens (tertiary/aromatic N) is 2. The molecule has 2 rings (SSSR count). The van der Waals surface area contributed by atoms with Gasteiger partial charge in [-0.2, -0.15) is 0 Å². The molecule has 5 heteroatoms. The molecule has 1 aliphatic rings. The second kappa shape index (κ2) is 9.37. The van der Waals surface area contributed by atoms with Crippen LogP contribution in [0.25, 0.3) is 5.57 Å². The fraction of sp³-hybridized carbons (Fsp3) is 0.565. The summed E-state index contributed by atoms with van der Waals surface area (Å²) in [5.74, 6) is 0.253. The van der Waals surface area contributed by atoms with Crippen molar-refractivity contribution in [2.24, 2.45) is 10.9 Å². The number of aliphatic imine (C=N–C) groups is 1. The van der Waals surface area contributed by atoms with E-state index in [1.54, 1.807) is 11.1 Å². The number of hydrogen-bond donors (Lipinski definition) is 1. The fourth-order valence-electron chi connectivity index (χ4n) is 3.77. The minimum atomic E-state index is -0.581. The number of aliphatic hydroxyl groups excluding tert-OH is 1. The maximum Gasteiger partial charge on any atom is 0.410 e. The topological polar surface area (TPSA) is 62.1 Å². The Kier molecular flexibility index (Phi) is 7.41. The Balaban J connectivity index is 2.15. The summed E-state index contributed by atoms with van der Waals surface area (Å²) in [4.78, 5) is 18.2. The van der Waals surface area contributed by atoms with Gasteiger partial charge in [0, 0.05) is 19.0 Å². The van der Waals surface area contributed by atoms with Gasteiger partial charge in [-0.15, -0.1) is 0 Å². The van der Waals surface area contributed by atoms with Gasteiger partial charge in [-0.05, 0) is 69.6 Å². The number of β-amino-alcohol motifs (C(OH)–C–C–N with tert-alkyl or cyclic N) is 1. The molecular weight excluding hydrogens is 352 g/mol. The number of amides is 1. The number of likely N-dealkylation sites (tertiary alicyclic amines) is 1. The third kappa shape index (κ3) is 5.68. The quantitative estimate of drug-likeness (QED) is 0.752. The number of piperidine rings is 1. The van der Waals surface area contributed by atoms with Crippen molar-refractivity contribution in [2.45, 2.75) is 65.6 Å². The second-order valence-electron chi connectivity index (χ2n) is 8.54. The number of aliphatic hydroxyl groups is 1. The normalized spacial score (nSPS) is 22.4. The van der Waals surface area contributed by atoms with Gasteiger partial charge in [-0.1, -0.05) is 31.2 Å². The third-order valence-corrected chi connectivity index (χ3v) is 5.22. The number of allylic oxidation sites excluding steroid dienone is 1. The van der Waals surface area contributed by atoms with Gasteiger partial charge in [0.15, 0.2) is 0 Å². The molecule has 0 bridgehead atoms. The SMILES string of the molecule is C/C=N\C=C(/C)c1ccccc1C(C)C1CCN(C(=O)OC(C)(C)C)CC1O. The molecule has 0 aliphatic carbocycles. The van der Waals surface area contributed by atoms with Crippen LogP contribution in [0, 0.1) is 5.92 Å². The Morgan fingerprint density at radius 3 is 2.64 bits per heavy atom. The summed E-state index contributed by atoms with van der Waals surface area (Å²) in [5.41, 5.74) is 2.93. The zero-order valence-electron chi connectivity index (χ0n) is 18.0. The van der Waals surface area contributed by atoms with E-state index in [-0.39, 0.29) is 17.9 Å². The molecule has 3 unspecified atom stereocenters. The number of carbonyl (C=O) groups excluding carboxylic acids is 1. The minimum Gasteiger partial charge on any atom is -0.444 e. The van der Waals surface area contributed by atoms with Crippen molar-refractivity contribution in [3.05, 3.63) is 41.6 Å². The van der Waals surface area contributed by atoms with Crippen LogP contribution in [-0.2, 0) is 4.74 Å². The van der Waals surface area contributed by atoms with E-state index in [2.05, 4.69) is 31.0 Å². The lowest BCUT2D eigenvalue weighted by Crippen LogP contribution is -2.49. The molecule has 0 spiro atoms. The van der Waals surface area contributed by atoms with Crippen molar-refractivity contribution >= 4 is 17.9 Å². The van der Waals surface area contributed by atoms with Crippen molar-refractivity contribution in [3.8, 4) is 0 Å². The molecule has 0 radical (unpaired) electrons. The molecule has 1 fully saturated rings. The van der Waals surface area contributed by atoms with Gasteiger partial charge in [0.2, 0.25) is 0 Å². The fourth-order valence-corrected chi connectivity index (χ4v) is 3.77. The van der Waals surface area contributed by atoms with Gasteiger partial charge < -0.3 is 14.7 Å². The number of rotatable bonds is 4. The zero-order chi connectivity index (χ0) is 20.9. The maximum atomic E-state index is 12.3. The Morgan fingerprint density at radius 1 is 1.36 bits per heavy atom. The molecule has 5 nitrogen and oxygen atoms in total. The Bertz CT molecular complexity index is 734. The first-order chi connectivity index (χ1) is 13.1. The van der Waals surface area contributed by atoms with Crippen LogP contribution in [-0.4, -0.2) is 47.1 Å². The van der Waals surface area contributed by atoms with Gasteiger partial charge in [0.05, 0.1) is 12.6 Å². The predicted molar refractivity (Wildman–Crippen MR) is 115 cm³/mol. The van der Waals surface area contributed by atoms with Crippen molar-refractivity contribution in [1.82, 2.24) is 4.90 Å². The lowest BCUT2D eigenvalue weighted by Gasteiger charge is -2.39. The molecule has 1 N–H and O–H groups in total. The highest BCUT2D eigenvalue weighted by Gasteiger charge is 2.36. The first kappa shape index (κ1) is 22.2. The van der Waals surface area contributed by atoms with Gasteiger partial charge in [-0.3, -0.25) is 4.99 Å². The number of hydrogen-bond acceptors (Lipinski definition) is 4. The summed E-state index contributed by atoms with van der Waals surface area (Å²) in [6, 6.07) is 8.29. The molecule has 1 aromatic carbocycles. The third-order valence-electron chi connectivity index (χ3n) is 5.22. The van der Waals surface area contributed by atoms with Crippen LogP contribution in [0.3, 0.4) is 0 Å². The minimum absolute atomic E-state index is 0.0855. The summed E-state index contributed by atoms with van der Waals surface area (Å²) in [6.07, 6.45) is 3.45. The van der Waals surface area contributed by atoms with Crippen molar-refractivity contribution in [3.63, 3.8) is 0 Å². The summed E-state index contributed by atoms with van der Waals surface area (Å²) in [6.45, 7) is 12.6. The van der Waals surface area contributed by atoms with E-state index in [0.717, 1.165) is 17.6 Å². The molecule has 3 atom stereocenters. The average molecular weight is 387 g/mol. The summed E-state index contributed by atoms with van der Waals surface area (Å²) in [7, 11) is 0. The molecule has 1 aromatic rings. The molecule has 1 aliphatic heterocycles. The van der Waals surface area contributed by atoms with Crippen molar-refractivity contribution in [2.75, 3.05) is 13.1 Å². The maximum absolute atomic E-state index is 12.3. The van der Waals surface area contributed by atoms with E-state index in [1.165, 1.54) is 5.56 Å². The standard InChI is InChI=1S/C23H34N2O3/c1-7-24-14-16(2)18-10-8-9-11-19(18)17(3)20-12-13-25(15-21(20)26)22(27)28-23(4,5)6/h7-11,14,17,20-21,26H,12-13,15H2,1-6H3/b16-14+,24-7-. The van der Waals surface area contributed by atoms with Gasteiger partial charge >= 0.3 is 6.09 Å². The van der Waals surface area contributed by atoms with Gasteiger partial charge in [0.25, 0.3) is 0 Å². The van der Waals surface area contributed by atoms with Crippen LogP contribution in [0.15, 0.2) is 35.5 Å². The van der Waals surface area contributed by atoms with Gasteiger partial charge in [-0.25, -0.2) is 4.79 Å². The predicted octanol–water partition coefficient (Wildman–Crippen LogP) is 4.86. The van der Waals surface area contributed by atoms with Gasteiger partial charge in [0.1, 0.15) is 5.60 Å². The molecule has 1 heterocycles. The van der Waals surface area contributed by atoms with Crippen LogP contribution in [0.5, 0.6) is 0 Å². The molecule has 0 saturated carbocycles. The van der Waals surface area contributed by atoms with Crippen molar-refractivity contribution in [1.29, 1.82) is 0 Å². The summed E-state index contributed by atoms with van der Waals surface area (Å²) < 4.78 is 5.45. The molecule has 1 saturated heterocycles. The highest BCUT2D eigenvalue weighted by molar-refractivity contribution is 5.69. The highest BCUT2D eigenvalue weighted by Crippen LogP contribution is 2.36. The lowest BCUT2D eigenvalue weighted by molar-refractivity contribution is -0.0167. The van der Waals surface area contributed by atoms with E-state index in [0.29, 0.717) is 13.1 Å². The second-order valence-corrected chi connectivity index (χ2v) is 8.54. The first-order valence-corrected chi connectivity index (χ1v) is 10.0. The van der Waals surface area contributed by atoms with E-state index < -0.39 is 11.7 Å². The lowest BCUT2D eigenvalue weighted by atomic mass is 9.77. The number of carbonyl (C=O) groups is 1. The molecule has 0 aromatic heterocycles. The van der Waals surface area contributed by atoms with Crippen LogP contribution in [0.1, 0.15) is 65.0 Å². The van der Waals surface area contributed by atoms with E-state index >= 15 is 0 Å². The largest absolute Gasteiger partial charge is 0.444 e. The molecule has 1 amide bonds. The first-order valence-electron chi connectivity index (χ1n) is 10.0. The molecule has 28 heavy (non-hydrogen) atoms. The monoisotopic (exact) mass is 386 g/mol. The van der Waals surface area contributed by atoms with Crippen LogP contribution >= 0.6 is 0 Å². The number of benzene rings is 1. The highest BCUT2D eigenvalue weighted by atomic mass is 16.6. The van der Waals surface area contributed by atoms with Crippen molar-refractivity contribution < 1.29 is 14.6 Å². The van der Waals surface area contributed by atoms with Crippen LogP contribution in [0.4, 0.5) is 4.79 Å². The molecule has 154 valence electrons. The van der Waals surface area contributed by atoms with E-state index in [4.69, 9.17) is 4.74 Å². The zero-order valence-corrected chi connectivity index (χ0v) is 18.0. The van der Waals surface area contributed by atoms with Crippen LogP contribution < -0.4 is 0 Å². The number of ether oxygens (including phenoxy) is 1. The van der Waals surface area contributed by atoms with Crippen LogP contribution in [0.2, 0.25) is 0 Å². The average Bonchev–Trinajstić information content (AvgIpc) is 2.64. The Morgan fingerprint density at radius 2 is 2.04 bits per heavy atom. The summed E-state index contributed by atoms with van der Waals surface area (Å²) in [5, 5.41) is 10.8.